The van der Waals surface area contributed by atoms with E-state index in [-0.39, 0.29) is 33.5 Å². The lowest BCUT2D eigenvalue weighted by atomic mass is 9.69. The third-order valence-electron chi connectivity index (χ3n) is 8.59. The van der Waals surface area contributed by atoms with E-state index in [1.165, 1.54) is 25.1 Å². The van der Waals surface area contributed by atoms with E-state index in [1.54, 1.807) is 12.1 Å². The molecule has 0 amide bonds. The molecule has 1 saturated heterocycles. The molecule has 2 heterocycles. The number of hydrogen-bond acceptors (Lipinski definition) is 8. The second-order valence-electron chi connectivity index (χ2n) is 10.7. The summed E-state index contributed by atoms with van der Waals surface area (Å²) in [6.07, 6.45) is 0.463. The molecule has 6 N–H and O–H groups in total. The first-order chi connectivity index (χ1) is 19.2. The number of aryl methyl sites for hydroxylation is 1. The zero-order valence-corrected chi connectivity index (χ0v) is 21.6. The van der Waals surface area contributed by atoms with Gasteiger partial charge >= 0.3 is 0 Å². The summed E-state index contributed by atoms with van der Waals surface area (Å²) in [5.74, 6) is 9.94. The number of aromatic hydroxyl groups is 1. The van der Waals surface area contributed by atoms with Crippen molar-refractivity contribution in [1.82, 2.24) is 0 Å². The molecule has 40 heavy (non-hydrogen) atoms. The molecule has 0 spiro atoms. The maximum absolute atomic E-state index is 14.2. The summed E-state index contributed by atoms with van der Waals surface area (Å²) in [6, 6.07) is 7.62. The highest BCUT2D eigenvalue weighted by atomic mass is 16.7. The standard InChI is InChI=1S/C32H24N2O6/c1-15-9-17-11-21-20(12-18(17)10-19(15)14-33)29(38)26-23(36)13-22-28(27(26)30(21)39)34-24-7-5-3-4-6-8-25(37)32(22)31(24,40-32)16(2)35/h3-4,9-13,16,24-25,34-37H,14,33H2,1-2H3/b4-3-/t16-,24+,25-,31?,32+/m1/s1. The van der Waals surface area contributed by atoms with Crippen LogP contribution in [0.5, 0.6) is 5.75 Å². The molecular formula is C32H24N2O6. The van der Waals surface area contributed by atoms with Crippen LogP contribution < -0.4 is 11.1 Å². The summed E-state index contributed by atoms with van der Waals surface area (Å²) in [4.78, 5) is 28.1. The number of benzene rings is 3. The molecule has 3 aromatic carbocycles. The lowest BCUT2D eigenvalue weighted by Crippen LogP contribution is -2.54. The number of anilines is 1. The maximum Gasteiger partial charge on any atom is 0.198 e. The molecule has 3 aromatic rings. The Bertz CT molecular complexity index is 1880. The van der Waals surface area contributed by atoms with E-state index in [1.807, 2.05) is 19.1 Å². The van der Waals surface area contributed by atoms with Gasteiger partial charge in [-0.25, -0.2) is 0 Å². The Morgan fingerprint density at radius 2 is 1.68 bits per heavy atom. The van der Waals surface area contributed by atoms with Crippen molar-refractivity contribution in [2.24, 2.45) is 5.73 Å². The van der Waals surface area contributed by atoms with Crippen LogP contribution in [0.4, 0.5) is 5.69 Å². The molecule has 5 atom stereocenters. The fraction of sp³-hybridized carbons (Fsp3) is 0.250. The minimum Gasteiger partial charge on any atom is -0.507 e. The zero-order chi connectivity index (χ0) is 28.1. The van der Waals surface area contributed by atoms with Crippen LogP contribution in [-0.2, 0) is 16.9 Å². The number of hydrogen-bond donors (Lipinski definition) is 5. The van der Waals surface area contributed by atoms with Crippen LogP contribution in [0.1, 0.15) is 55.5 Å². The number of fused-ring (bicyclic) bond motifs is 5. The number of epoxide rings is 1. The lowest BCUT2D eigenvalue weighted by molar-refractivity contribution is 0.0867. The molecule has 0 saturated carbocycles. The first-order valence-electron chi connectivity index (χ1n) is 12.9. The predicted molar refractivity (Wildman–Crippen MR) is 147 cm³/mol. The third-order valence-corrected chi connectivity index (χ3v) is 8.59. The molecule has 2 aliphatic heterocycles. The van der Waals surface area contributed by atoms with Gasteiger partial charge in [-0.15, -0.1) is 0 Å². The van der Waals surface area contributed by atoms with Crippen LogP contribution in [0.2, 0.25) is 0 Å². The van der Waals surface area contributed by atoms with Gasteiger partial charge in [0.2, 0.25) is 0 Å². The number of ether oxygens (including phenoxy) is 1. The molecule has 2 aliphatic carbocycles. The van der Waals surface area contributed by atoms with Crippen LogP contribution in [0.3, 0.4) is 0 Å². The zero-order valence-electron chi connectivity index (χ0n) is 21.6. The van der Waals surface area contributed by atoms with Gasteiger partial charge in [-0.05, 0) is 72.2 Å². The van der Waals surface area contributed by atoms with E-state index in [0.29, 0.717) is 6.54 Å². The van der Waals surface area contributed by atoms with Gasteiger partial charge in [0, 0.05) is 23.2 Å². The van der Waals surface area contributed by atoms with Crippen molar-refractivity contribution < 1.29 is 29.6 Å². The molecule has 0 aromatic heterocycles. The molecule has 4 aliphatic rings. The smallest absolute Gasteiger partial charge is 0.198 e. The Morgan fingerprint density at radius 1 is 1.02 bits per heavy atom. The average molecular weight is 533 g/mol. The summed E-state index contributed by atoms with van der Waals surface area (Å²) in [7, 11) is 0. The second kappa shape index (κ2) is 8.04. The fourth-order valence-electron chi connectivity index (χ4n) is 6.62. The second-order valence-corrected chi connectivity index (χ2v) is 10.7. The van der Waals surface area contributed by atoms with Crippen molar-refractivity contribution in [2.45, 2.75) is 49.8 Å². The summed E-state index contributed by atoms with van der Waals surface area (Å²) in [5.41, 5.74) is 5.40. The molecule has 8 nitrogen and oxygen atoms in total. The van der Waals surface area contributed by atoms with Gasteiger partial charge in [-0.1, -0.05) is 29.7 Å². The Labute approximate surface area is 229 Å². The van der Waals surface area contributed by atoms with Crippen LogP contribution in [-0.4, -0.2) is 50.7 Å². The summed E-state index contributed by atoms with van der Waals surface area (Å²) >= 11 is 0. The Morgan fingerprint density at radius 3 is 2.35 bits per heavy atom. The van der Waals surface area contributed by atoms with E-state index < -0.39 is 46.8 Å². The molecular weight excluding hydrogens is 508 g/mol. The highest BCUT2D eigenvalue weighted by Crippen LogP contribution is 2.67. The van der Waals surface area contributed by atoms with Crippen LogP contribution in [0.25, 0.3) is 10.8 Å². The van der Waals surface area contributed by atoms with Crippen LogP contribution in [0.15, 0.2) is 42.5 Å². The average Bonchev–Trinajstić information content (AvgIpc) is 3.66. The number of phenols is 1. The van der Waals surface area contributed by atoms with Gasteiger partial charge in [-0.2, -0.15) is 0 Å². The van der Waals surface area contributed by atoms with Crippen molar-refractivity contribution in [1.29, 1.82) is 0 Å². The van der Waals surface area contributed by atoms with E-state index >= 15 is 0 Å². The number of rotatable bonds is 2. The molecule has 198 valence electrons. The highest BCUT2D eigenvalue weighted by molar-refractivity contribution is 6.32. The number of aliphatic hydroxyl groups is 2. The molecule has 1 fully saturated rings. The van der Waals surface area contributed by atoms with Gasteiger partial charge in [0.25, 0.3) is 0 Å². The topological polar surface area (TPSA) is 145 Å². The Kier molecular flexibility index (Phi) is 4.95. The molecule has 8 heteroatoms. The number of carbonyl (C=O) groups excluding carboxylic acids is 2. The third kappa shape index (κ3) is 2.86. The van der Waals surface area contributed by atoms with Crippen LogP contribution >= 0.6 is 0 Å². The Balaban J connectivity index is 1.50. The minimum absolute atomic E-state index is 0.0317. The normalized spacial score (nSPS) is 28.3. The van der Waals surface area contributed by atoms with Crippen molar-refractivity contribution in [2.75, 3.05) is 5.32 Å². The number of ketones is 2. The largest absolute Gasteiger partial charge is 0.507 e. The number of allylic oxidation sites excluding steroid dienone is 2. The van der Waals surface area contributed by atoms with Gasteiger partial charge in [0.05, 0.1) is 22.9 Å². The molecule has 7 rings (SSSR count). The van der Waals surface area contributed by atoms with Gasteiger partial charge in [-0.3, -0.25) is 9.59 Å². The quantitative estimate of drug-likeness (QED) is 0.150. The fourth-order valence-corrected chi connectivity index (χ4v) is 6.62. The monoisotopic (exact) mass is 532 g/mol. The van der Waals surface area contributed by atoms with E-state index in [2.05, 4.69) is 29.0 Å². The van der Waals surface area contributed by atoms with Crippen molar-refractivity contribution >= 4 is 28.0 Å². The van der Waals surface area contributed by atoms with E-state index in [4.69, 9.17) is 10.5 Å². The first kappa shape index (κ1) is 24.6. The lowest BCUT2D eigenvalue weighted by Gasteiger charge is -2.37. The van der Waals surface area contributed by atoms with Crippen molar-refractivity contribution in [3.63, 3.8) is 0 Å². The molecule has 2 bridgehead atoms. The van der Waals surface area contributed by atoms with E-state index in [9.17, 15) is 24.9 Å². The van der Waals surface area contributed by atoms with Crippen LogP contribution in [0, 0.1) is 30.6 Å². The van der Waals surface area contributed by atoms with Crippen molar-refractivity contribution in [3.05, 3.63) is 81.4 Å². The SMILES string of the molecule is Cc1cc2cc3c(cc2cc1CN)C(=O)c1c(O)cc2c(c1C3=O)N[C@H]1C#C/C=C\C#C[C@@H](O)[C@@]23OC13[C@@H](C)O. The number of phenolic OH excluding ortho intramolecular Hbond substituents is 1. The maximum atomic E-state index is 14.2. The number of carbonyl (C=O) groups is 2. The molecule has 0 radical (unpaired) electrons. The summed E-state index contributed by atoms with van der Waals surface area (Å²) < 4.78 is 6.21. The van der Waals surface area contributed by atoms with E-state index in [0.717, 1.165) is 21.9 Å². The summed E-state index contributed by atoms with van der Waals surface area (Å²) in [6.45, 7) is 3.79. The van der Waals surface area contributed by atoms with Gasteiger partial charge in [0.15, 0.2) is 28.9 Å². The number of nitrogens with two attached hydrogens (primary N) is 1. The minimum atomic E-state index is -1.60. The summed E-state index contributed by atoms with van der Waals surface area (Å²) in [5, 5.41) is 38.2. The molecule has 1 unspecified atom stereocenters. The number of nitrogens with one attached hydrogen (secondary N) is 1. The predicted octanol–water partition coefficient (Wildman–Crippen LogP) is 2.16. The van der Waals surface area contributed by atoms with Gasteiger partial charge in [0.1, 0.15) is 11.8 Å². The first-order valence-corrected chi connectivity index (χ1v) is 12.9. The number of aliphatic hydroxyl groups excluding tert-OH is 2. The van der Waals surface area contributed by atoms with Gasteiger partial charge < -0.3 is 31.1 Å². The Hall–Kier alpha value is -4.44. The highest BCUT2D eigenvalue weighted by Gasteiger charge is 2.82. The van der Waals surface area contributed by atoms with Crippen molar-refractivity contribution in [3.8, 4) is 29.4 Å².